The minimum Gasteiger partial charge on any atom is -0.381 e. The summed E-state index contributed by atoms with van der Waals surface area (Å²) < 4.78 is 7.62. The molecule has 0 spiro atoms. The minimum absolute atomic E-state index is 0.0500. The number of amides is 1. The molecule has 2 aliphatic heterocycles. The Morgan fingerprint density at radius 1 is 1.17 bits per heavy atom. The molecule has 0 radical (unpaired) electrons. The molecule has 1 fully saturated rings. The number of hydrogen-bond acceptors (Lipinski definition) is 3. The molecule has 1 aromatic carbocycles. The summed E-state index contributed by atoms with van der Waals surface area (Å²) in [5.41, 5.74) is 2.31. The number of aromatic nitrogens is 2. The van der Waals surface area contributed by atoms with Crippen LogP contribution in [0.1, 0.15) is 12.2 Å². The van der Waals surface area contributed by atoms with Crippen LogP contribution in [0.15, 0.2) is 36.5 Å². The average molecular weight is 311 g/mol. The summed E-state index contributed by atoms with van der Waals surface area (Å²) in [6.45, 7) is 3.59. The lowest BCUT2D eigenvalue weighted by Crippen LogP contribution is -2.38. The van der Waals surface area contributed by atoms with Crippen LogP contribution >= 0.6 is 0 Å². The molecule has 3 heterocycles. The summed E-state index contributed by atoms with van der Waals surface area (Å²) in [6.07, 6.45) is 3.62. The highest BCUT2D eigenvalue weighted by atomic mass is 16.5. The van der Waals surface area contributed by atoms with Gasteiger partial charge < -0.3 is 14.2 Å². The Kier molecular flexibility index (Phi) is 3.87. The van der Waals surface area contributed by atoms with Crippen LogP contribution in [0.3, 0.4) is 0 Å². The van der Waals surface area contributed by atoms with Crippen LogP contribution in [0.4, 0.5) is 0 Å². The summed E-state index contributed by atoms with van der Waals surface area (Å²) in [6, 6.07) is 10.3. The number of fused-ring (bicyclic) bond motifs is 1. The normalized spacial score (nSPS) is 21.0. The van der Waals surface area contributed by atoms with Crippen LogP contribution in [0.2, 0.25) is 0 Å². The smallest absolute Gasteiger partial charge is 0.228 e. The molecular weight excluding hydrogens is 290 g/mol. The molecule has 1 amide bonds. The second-order valence-corrected chi connectivity index (χ2v) is 6.21. The van der Waals surface area contributed by atoms with Gasteiger partial charge in [0.25, 0.3) is 0 Å². The molecular formula is C18H21N3O2. The first-order valence-corrected chi connectivity index (χ1v) is 8.29. The molecule has 5 nitrogen and oxygen atoms in total. The lowest BCUT2D eigenvalue weighted by atomic mass is 10.1. The number of ether oxygens (including phenoxy) is 1. The number of hydrogen-bond donors (Lipinski definition) is 0. The number of nitrogens with zero attached hydrogens (tertiary/aromatic N) is 3. The Hall–Kier alpha value is -2.14. The SMILES string of the molecule is O=C(C1CCOC1)N1CCc2ncc(-c3ccccc3)n2CC1. The molecule has 5 heteroatoms. The molecule has 1 saturated heterocycles. The highest BCUT2D eigenvalue weighted by molar-refractivity contribution is 5.79. The maximum atomic E-state index is 12.6. The van der Waals surface area contributed by atoms with Gasteiger partial charge in [-0.2, -0.15) is 0 Å². The van der Waals surface area contributed by atoms with Crippen molar-refractivity contribution in [1.29, 1.82) is 0 Å². The number of rotatable bonds is 2. The monoisotopic (exact) mass is 311 g/mol. The highest BCUT2D eigenvalue weighted by Gasteiger charge is 2.29. The first-order valence-electron chi connectivity index (χ1n) is 8.29. The summed E-state index contributed by atoms with van der Waals surface area (Å²) in [5, 5.41) is 0. The van der Waals surface area contributed by atoms with Crippen molar-refractivity contribution in [3.05, 3.63) is 42.4 Å². The van der Waals surface area contributed by atoms with Crippen LogP contribution in [0.5, 0.6) is 0 Å². The van der Waals surface area contributed by atoms with Gasteiger partial charge >= 0.3 is 0 Å². The van der Waals surface area contributed by atoms with Gasteiger partial charge in [-0.3, -0.25) is 4.79 Å². The van der Waals surface area contributed by atoms with Gasteiger partial charge in [-0.25, -0.2) is 4.98 Å². The molecule has 2 aliphatic rings. The van der Waals surface area contributed by atoms with E-state index in [0.717, 1.165) is 44.0 Å². The van der Waals surface area contributed by atoms with Gasteiger partial charge in [0.05, 0.1) is 24.4 Å². The Morgan fingerprint density at radius 2 is 2.04 bits per heavy atom. The van der Waals surface area contributed by atoms with Gasteiger partial charge in [0.1, 0.15) is 5.82 Å². The maximum absolute atomic E-state index is 12.6. The zero-order chi connectivity index (χ0) is 15.6. The fraction of sp³-hybridized carbons (Fsp3) is 0.444. The molecule has 0 aliphatic carbocycles. The zero-order valence-corrected chi connectivity index (χ0v) is 13.1. The average Bonchev–Trinajstić information content (AvgIpc) is 3.21. The Balaban J connectivity index is 1.53. The van der Waals surface area contributed by atoms with E-state index in [-0.39, 0.29) is 11.8 Å². The lowest BCUT2D eigenvalue weighted by molar-refractivity contribution is -0.135. The van der Waals surface area contributed by atoms with Crippen molar-refractivity contribution in [2.24, 2.45) is 5.92 Å². The van der Waals surface area contributed by atoms with Crippen molar-refractivity contribution in [2.45, 2.75) is 19.4 Å². The molecule has 0 bridgehead atoms. The van der Waals surface area contributed by atoms with Crippen LogP contribution in [0.25, 0.3) is 11.3 Å². The fourth-order valence-electron chi connectivity index (χ4n) is 3.48. The van der Waals surface area contributed by atoms with Crippen molar-refractivity contribution < 1.29 is 9.53 Å². The van der Waals surface area contributed by atoms with Gasteiger partial charge in [0, 0.05) is 32.7 Å². The van der Waals surface area contributed by atoms with E-state index in [2.05, 4.69) is 21.7 Å². The van der Waals surface area contributed by atoms with Crippen molar-refractivity contribution >= 4 is 5.91 Å². The van der Waals surface area contributed by atoms with Crippen LogP contribution in [-0.2, 0) is 22.5 Å². The van der Waals surface area contributed by atoms with Crippen molar-refractivity contribution in [3.8, 4) is 11.3 Å². The third-order valence-electron chi connectivity index (χ3n) is 4.80. The van der Waals surface area contributed by atoms with Gasteiger partial charge in [-0.05, 0) is 12.0 Å². The highest BCUT2D eigenvalue weighted by Crippen LogP contribution is 2.23. The Bertz CT molecular complexity index is 690. The van der Waals surface area contributed by atoms with E-state index in [1.807, 2.05) is 29.3 Å². The molecule has 1 atom stereocenters. The molecule has 4 rings (SSSR count). The fourth-order valence-corrected chi connectivity index (χ4v) is 3.48. The number of carbonyl (C=O) groups excluding carboxylic acids is 1. The molecule has 0 saturated carbocycles. The van der Waals surface area contributed by atoms with Crippen LogP contribution < -0.4 is 0 Å². The summed E-state index contributed by atoms with van der Waals surface area (Å²) in [5.74, 6) is 1.37. The van der Waals surface area contributed by atoms with E-state index in [0.29, 0.717) is 13.2 Å². The van der Waals surface area contributed by atoms with E-state index >= 15 is 0 Å². The van der Waals surface area contributed by atoms with E-state index < -0.39 is 0 Å². The predicted molar refractivity (Wildman–Crippen MR) is 86.9 cm³/mol. The van der Waals surface area contributed by atoms with Crippen molar-refractivity contribution in [2.75, 3.05) is 26.3 Å². The molecule has 120 valence electrons. The molecule has 0 N–H and O–H groups in total. The predicted octanol–water partition coefficient (Wildman–Crippen LogP) is 1.97. The summed E-state index contributed by atoms with van der Waals surface area (Å²) in [7, 11) is 0. The first kappa shape index (κ1) is 14.5. The lowest BCUT2D eigenvalue weighted by Gasteiger charge is -2.23. The van der Waals surface area contributed by atoms with Crippen LogP contribution in [-0.4, -0.2) is 46.7 Å². The summed E-state index contributed by atoms with van der Waals surface area (Å²) in [4.78, 5) is 19.2. The Labute approximate surface area is 135 Å². The third-order valence-corrected chi connectivity index (χ3v) is 4.80. The van der Waals surface area contributed by atoms with Crippen molar-refractivity contribution in [1.82, 2.24) is 14.5 Å². The van der Waals surface area contributed by atoms with Gasteiger partial charge in [0.15, 0.2) is 0 Å². The number of carbonyl (C=O) groups is 1. The molecule has 23 heavy (non-hydrogen) atoms. The molecule has 1 aromatic heterocycles. The maximum Gasteiger partial charge on any atom is 0.228 e. The first-order chi connectivity index (χ1) is 11.3. The quantitative estimate of drug-likeness (QED) is 0.852. The van der Waals surface area contributed by atoms with E-state index in [1.54, 1.807) is 0 Å². The second-order valence-electron chi connectivity index (χ2n) is 6.21. The van der Waals surface area contributed by atoms with Crippen LogP contribution in [0, 0.1) is 5.92 Å². The second kappa shape index (κ2) is 6.16. The molecule has 2 aromatic rings. The van der Waals surface area contributed by atoms with E-state index in [9.17, 15) is 4.79 Å². The van der Waals surface area contributed by atoms with E-state index in [4.69, 9.17) is 4.74 Å². The summed E-state index contributed by atoms with van der Waals surface area (Å²) >= 11 is 0. The van der Waals surface area contributed by atoms with Crippen molar-refractivity contribution in [3.63, 3.8) is 0 Å². The third kappa shape index (κ3) is 2.77. The largest absolute Gasteiger partial charge is 0.381 e. The Morgan fingerprint density at radius 3 is 2.83 bits per heavy atom. The zero-order valence-electron chi connectivity index (χ0n) is 13.1. The minimum atomic E-state index is 0.0500. The topological polar surface area (TPSA) is 47.4 Å². The van der Waals surface area contributed by atoms with Gasteiger partial charge in [-0.1, -0.05) is 30.3 Å². The molecule has 1 unspecified atom stereocenters. The van der Waals surface area contributed by atoms with Gasteiger partial charge in [0.2, 0.25) is 5.91 Å². The number of imidazole rings is 1. The van der Waals surface area contributed by atoms with Gasteiger partial charge in [-0.15, -0.1) is 0 Å². The van der Waals surface area contributed by atoms with E-state index in [1.165, 1.54) is 5.56 Å². The number of benzene rings is 1. The standard InChI is InChI=1S/C18H21N3O2/c22-18(15-7-11-23-13-15)20-8-6-17-19-12-16(21(17)10-9-20)14-4-2-1-3-5-14/h1-5,12,15H,6-11,13H2.